The summed E-state index contributed by atoms with van der Waals surface area (Å²) in [5, 5.41) is 4.83. The van der Waals surface area contributed by atoms with E-state index in [1.807, 2.05) is 12.1 Å². The molecule has 1 aliphatic rings. The third kappa shape index (κ3) is 2.95. The molecular weight excluding hydrogens is 313 g/mol. The predicted octanol–water partition coefficient (Wildman–Crippen LogP) is 4.45. The van der Waals surface area contributed by atoms with Crippen LogP contribution >= 0.6 is 11.6 Å². The first-order valence-electron chi connectivity index (χ1n) is 6.69. The van der Waals surface area contributed by atoms with E-state index in [1.165, 1.54) is 12.1 Å². The lowest BCUT2D eigenvalue weighted by atomic mass is 9.90. The SMILES string of the molecule is FC(F)(F)c1cccc(C2CNN=C2c2ccc(Cl)cc2)c1. The van der Waals surface area contributed by atoms with E-state index in [0.717, 1.165) is 17.3 Å². The number of halogens is 4. The van der Waals surface area contributed by atoms with Crippen molar-refractivity contribution in [1.29, 1.82) is 0 Å². The van der Waals surface area contributed by atoms with Crippen molar-refractivity contribution in [2.45, 2.75) is 12.1 Å². The minimum Gasteiger partial charge on any atom is -0.309 e. The van der Waals surface area contributed by atoms with E-state index in [-0.39, 0.29) is 5.92 Å². The third-order valence-electron chi connectivity index (χ3n) is 3.58. The maximum absolute atomic E-state index is 12.9. The molecular formula is C16H12ClF3N2. The van der Waals surface area contributed by atoms with Crippen molar-refractivity contribution in [3.8, 4) is 0 Å². The molecule has 0 saturated carbocycles. The van der Waals surface area contributed by atoms with Gasteiger partial charge in [0.2, 0.25) is 0 Å². The fraction of sp³-hybridized carbons (Fsp3) is 0.188. The molecule has 0 amide bonds. The van der Waals surface area contributed by atoms with E-state index in [4.69, 9.17) is 11.6 Å². The molecule has 3 rings (SSSR count). The van der Waals surface area contributed by atoms with Gasteiger partial charge in [-0.3, -0.25) is 0 Å². The second-order valence-electron chi connectivity index (χ2n) is 5.04. The van der Waals surface area contributed by atoms with E-state index < -0.39 is 11.7 Å². The minimum absolute atomic E-state index is 0.219. The number of hydrogen-bond acceptors (Lipinski definition) is 2. The summed E-state index contributed by atoms with van der Waals surface area (Å²) in [5.74, 6) is -0.219. The van der Waals surface area contributed by atoms with E-state index in [0.29, 0.717) is 17.1 Å². The second-order valence-corrected chi connectivity index (χ2v) is 5.48. The van der Waals surface area contributed by atoms with Crippen molar-refractivity contribution in [1.82, 2.24) is 5.43 Å². The molecule has 1 atom stereocenters. The molecule has 6 heteroatoms. The van der Waals surface area contributed by atoms with Crippen molar-refractivity contribution in [2.24, 2.45) is 5.10 Å². The van der Waals surface area contributed by atoms with Gasteiger partial charge in [0.15, 0.2) is 0 Å². The van der Waals surface area contributed by atoms with Crippen LogP contribution in [-0.2, 0) is 6.18 Å². The smallest absolute Gasteiger partial charge is 0.309 e. The zero-order valence-electron chi connectivity index (χ0n) is 11.4. The van der Waals surface area contributed by atoms with Gasteiger partial charge in [-0.05, 0) is 29.3 Å². The van der Waals surface area contributed by atoms with Crippen molar-refractivity contribution < 1.29 is 13.2 Å². The molecule has 2 aromatic carbocycles. The summed E-state index contributed by atoms with van der Waals surface area (Å²) < 4.78 is 38.6. The summed E-state index contributed by atoms with van der Waals surface area (Å²) >= 11 is 5.86. The normalized spacial score (nSPS) is 18.0. The van der Waals surface area contributed by atoms with Crippen LogP contribution in [-0.4, -0.2) is 12.3 Å². The second kappa shape index (κ2) is 5.65. The number of benzene rings is 2. The van der Waals surface area contributed by atoms with Gasteiger partial charge in [-0.15, -0.1) is 0 Å². The lowest BCUT2D eigenvalue weighted by Crippen LogP contribution is -2.15. The third-order valence-corrected chi connectivity index (χ3v) is 3.83. The summed E-state index contributed by atoms with van der Waals surface area (Å²) in [6.07, 6.45) is -4.35. The molecule has 114 valence electrons. The van der Waals surface area contributed by atoms with Crippen LogP contribution in [0.5, 0.6) is 0 Å². The first-order valence-corrected chi connectivity index (χ1v) is 7.06. The number of hydrazone groups is 1. The van der Waals surface area contributed by atoms with Crippen LogP contribution in [0.2, 0.25) is 5.02 Å². The van der Waals surface area contributed by atoms with Gasteiger partial charge < -0.3 is 5.43 Å². The fourth-order valence-corrected chi connectivity index (χ4v) is 2.62. The molecule has 0 fully saturated rings. The lowest BCUT2D eigenvalue weighted by Gasteiger charge is -2.15. The Morgan fingerprint density at radius 2 is 1.82 bits per heavy atom. The van der Waals surface area contributed by atoms with Gasteiger partial charge in [0.1, 0.15) is 0 Å². The van der Waals surface area contributed by atoms with E-state index in [1.54, 1.807) is 18.2 Å². The molecule has 1 unspecified atom stereocenters. The molecule has 0 bridgehead atoms. The summed E-state index contributed by atoms with van der Waals surface area (Å²) in [5.41, 5.74) is 4.37. The van der Waals surface area contributed by atoms with Crippen LogP contribution in [0.25, 0.3) is 0 Å². The number of nitrogens with zero attached hydrogens (tertiary/aromatic N) is 1. The Bertz CT molecular complexity index is 708. The highest BCUT2D eigenvalue weighted by molar-refractivity contribution is 6.30. The van der Waals surface area contributed by atoms with Gasteiger partial charge in [0.25, 0.3) is 0 Å². The van der Waals surface area contributed by atoms with Crippen molar-refractivity contribution in [3.05, 3.63) is 70.2 Å². The zero-order chi connectivity index (χ0) is 15.7. The highest BCUT2D eigenvalue weighted by atomic mass is 35.5. The molecule has 1 aliphatic heterocycles. The first-order chi connectivity index (χ1) is 10.4. The molecule has 2 nitrogen and oxygen atoms in total. The summed E-state index contributed by atoms with van der Waals surface area (Å²) in [7, 11) is 0. The largest absolute Gasteiger partial charge is 0.416 e. The van der Waals surface area contributed by atoms with Gasteiger partial charge in [0.05, 0.1) is 11.3 Å². The number of alkyl halides is 3. The number of rotatable bonds is 2. The predicted molar refractivity (Wildman–Crippen MR) is 80.2 cm³/mol. The molecule has 22 heavy (non-hydrogen) atoms. The van der Waals surface area contributed by atoms with Crippen LogP contribution in [0.3, 0.4) is 0 Å². The first kappa shape index (κ1) is 14.9. The van der Waals surface area contributed by atoms with Crippen molar-refractivity contribution in [2.75, 3.05) is 6.54 Å². The molecule has 1 heterocycles. The highest BCUT2D eigenvalue weighted by Gasteiger charge is 2.32. The molecule has 0 spiro atoms. The standard InChI is InChI=1S/C16H12ClF3N2/c17-13-6-4-10(5-7-13)15-14(9-21-22-15)11-2-1-3-12(8-11)16(18,19)20/h1-8,14,21H,9H2. The Hall–Kier alpha value is -2.01. The minimum atomic E-state index is -4.35. The van der Waals surface area contributed by atoms with Gasteiger partial charge in [-0.1, -0.05) is 41.9 Å². The number of nitrogens with one attached hydrogen (secondary N) is 1. The summed E-state index contributed by atoms with van der Waals surface area (Å²) in [6, 6.07) is 12.5. The van der Waals surface area contributed by atoms with Gasteiger partial charge >= 0.3 is 6.18 Å². The average molecular weight is 325 g/mol. The molecule has 1 N–H and O–H groups in total. The average Bonchev–Trinajstić information content (AvgIpc) is 2.97. The van der Waals surface area contributed by atoms with Crippen LogP contribution in [0.15, 0.2) is 53.6 Å². The topological polar surface area (TPSA) is 24.4 Å². The van der Waals surface area contributed by atoms with Gasteiger partial charge in [0, 0.05) is 17.5 Å². The monoisotopic (exact) mass is 324 g/mol. The summed E-state index contributed by atoms with van der Waals surface area (Å²) in [6.45, 7) is 0.471. The van der Waals surface area contributed by atoms with Crippen LogP contribution in [0.1, 0.15) is 22.6 Å². The van der Waals surface area contributed by atoms with Gasteiger partial charge in [-0.2, -0.15) is 18.3 Å². The molecule has 0 aliphatic carbocycles. The van der Waals surface area contributed by atoms with Crippen molar-refractivity contribution >= 4 is 17.3 Å². The molecule has 0 aromatic heterocycles. The Balaban J connectivity index is 1.95. The van der Waals surface area contributed by atoms with Crippen LogP contribution in [0, 0.1) is 0 Å². The Kier molecular flexibility index (Phi) is 3.83. The summed E-state index contributed by atoms with van der Waals surface area (Å²) in [4.78, 5) is 0. The van der Waals surface area contributed by atoms with E-state index in [9.17, 15) is 13.2 Å². The highest BCUT2D eigenvalue weighted by Crippen LogP contribution is 2.32. The molecule has 0 radical (unpaired) electrons. The van der Waals surface area contributed by atoms with E-state index >= 15 is 0 Å². The number of hydrogen-bond donors (Lipinski definition) is 1. The lowest BCUT2D eigenvalue weighted by molar-refractivity contribution is -0.137. The molecule has 0 saturated heterocycles. The molecule has 2 aromatic rings. The maximum Gasteiger partial charge on any atom is 0.416 e. The Morgan fingerprint density at radius 3 is 2.50 bits per heavy atom. The Labute approximate surface area is 130 Å². The fourth-order valence-electron chi connectivity index (χ4n) is 2.49. The van der Waals surface area contributed by atoms with Crippen molar-refractivity contribution in [3.63, 3.8) is 0 Å². The van der Waals surface area contributed by atoms with Crippen LogP contribution < -0.4 is 5.43 Å². The van der Waals surface area contributed by atoms with Crippen LogP contribution in [0.4, 0.5) is 13.2 Å². The maximum atomic E-state index is 12.9. The zero-order valence-corrected chi connectivity index (χ0v) is 12.1. The quantitative estimate of drug-likeness (QED) is 0.867. The Morgan fingerprint density at radius 1 is 1.09 bits per heavy atom. The van der Waals surface area contributed by atoms with E-state index in [2.05, 4.69) is 10.5 Å². The van der Waals surface area contributed by atoms with Gasteiger partial charge in [-0.25, -0.2) is 0 Å².